The third-order valence-corrected chi connectivity index (χ3v) is 4.72. The van der Waals surface area contributed by atoms with Gasteiger partial charge in [0.05, 0.1) is 0 Å². The van der Waals surface area contributed by atoms with Gasteiger partial charge >= 0.3 is 0 Å². The zero-order valence-corrected chi connectivity index (χ0v) is 12.8. The summed E-state index contributed by atoms with van der Waals surface area (Å²) in [6.45, 7) is 3.89. The van der Waals surface area contributed by atoms with E-state index in [2.05, 4.69) is 15.0 Å². The summed E-state index contributed by atoms with van der Waals surface area (Å²) in [6, 6.07) is 0.595. The van der Waals surface area contributed by atoms with E-state index in [0.717, 1.165) is 16.8 Å². The van der Waals surface area contributed by atoms with E-state index < -0.39 is 0 Å². The second kappa shape index (κ2) is 5.24. The van der Waals surface area contributed by atoms with E-state index >= 15 is 0 Å². The van der Waals surface area contributed by atoms with Gasteiger partial charge in [-0.15, -0.1) is 0 Å². The van der Waals surface area contributed by atoms with Crippen LogP contribution in [0.15, 0.2) is 0 Å². The van der Waals surface area contributed by atoms with E-state index in [1.807, 2.05) is 13.8 Å². The lowest BCUT2D eigenvalue weighted by atomic mass is 10.1. The van der Waals surface area contributed by atoms with Gasteiger partial charge in [-0.2, -0.15) is 4.37 Å². The molecule has 1 heterocycles. The van der Waals surface area contributed by atoms with Crippen molar-refractivity contribution in [2.45, 2.75) is 51.6 Å². The molecule has 0 saturated heterocycles. The normalized spacial score (nSPS) is 18.6. The summed E-state index contributed by atoms with van der Waals surface area (Å²) < 4.78 is 4.15. The average Bonchev–Trinajstić information content (AvgIpc) is 3.24. The predicted molar refractivity (Wildman–Crippen MR) is 82.0 cm³/mol. The first-order chi connectivity index (χ1) is 9.56. The van der Waals surface area contributed by atoms with Crippen LogP contribution >= 0.6 is 11.5 Å². The first kappa shape index (κ1) is 13.7. The van der Waals surface area contributed by atoms with Crippen LogP contribution in [-0.2, 0) is 0 Å². The molecule has 5 nitrogen and oxygen atoms in total. The molecule has 0 aliphatic heterocycles. The molecule has 6 heteroatoms. The van der Waals surface area contributed by atoms with Gasteiger partial charge in [-0.25, -0.2) is 0 Å². The lowest BCUT2D eigenvalue weighted by molar-refractivity contribution is 0.0945. The van der Waals surface area contributed by atoms with Crippen LogP contribution in [0, 0.1) is 11.8 Å². The Morgan fingerprint density at radius 3 is 2.40 bits per heavy atom. The number of hydrogen-bond acceptors (Lipinski definition) is 5. The van der Waals surface area contributed by atoms with Crippen molar-refractivity contribution < 1.29 is 4.79 Å². The number of rotatable bonds is 6. The summed E-state index contributed by atoms with van der Waals surface area (Å²) in [5.41, 5.74) is 6.40. The molecule has 2 fully saturated rings. The smallest absolute Gasteiger partial charge is 0.258 e. The SMILES string of the molecule is CC(C)NC(=O)c1c(N)nsc1NC(C1CC1)C1CC1. The molecule has 0 aromatic carbocycles. The molecular formula is C14H22N4OS. The van der Waals surface area contributed by atoms with Crippen molar-refractivity contribution in [2.75, 3.05) is 11.1 Å². The number of carbonyl (C=O) groups is 1. The monoisotopic (exact) mass is 294 g/mol. The molecule has 4 N–H and O–H groups in total. The topological polar surface area (TPSA) is 80.0 Å². The molecule has 20 heavy (non-hydrogen) atoms. The summed E-state index contributed by atoms with van der Waals surface area (Å²) >= 11 is 1.30. The molecule has 2 aliphatic rings. The third kappa shape index (κ3) is 2.90. The maximum atomic E-state index is 12.2. The molecule has 0 radical (unpaired) electrons. The van der Waals surface area contributed by atoms with Crippen LogP contribution in [0.2, 0.25) is 0 Å². The van der Waals surface area contributed by atoms with Gasteiger partial charge in [0.2, 0.25) is 0 Å². The minimum Gasteiger partial charge on any atom is -0.382 e. The van der Waals surface area contributed by atoms with Crippen LogP contribution in [0.4, 0.5) is 10.8 Å². The number of carbonyl (C=O) groups excluding carboxylic acids is 1. The van der Waals surface area contributed by atoms with Gasteiger partial charge in [0.1, 0.15) is 10.6 Å². The maximum absolute atomic E-state index is 12.2. The Labute approximate surface area is 123 Å². The fraction of sp³-hybridized carbons (Fsp3) is 0.714. The van der Waals surface area contributed by atoms with Gasteiger partial charge in [0.25, 0.3) is 5.91 Å². The van der Waals surface area contributed by atoms with Gasteiger partial charge in [-0.05, 0) is 62.9 Å². The minimum absolute atomic E-state index is 0.0947. The van der Waals surface area contributed by atoms with Gasteiger partial charge in [-0.1, -0.05) is 0 Å². The number of aromatic nitrogens is 1. The molecule has 0 bridgehead atoms. The number of hydrogen-bond donors (Lipinski definition) is 3. The molecule has 0 spiro atoms. The van der Waals surface area contributed by atoms with Crippen LogP contribution < -0.4 is 16.4 Å². The predicted octanol–water partition coefficient (Wildman–Crippen LogP) is 2.46. The highest BCUT2D eigenvalue weighted by molar-refractivity contribution is 7.11. The molecule has 1 aromatic heterocycles. The second-order valence-corrected chi connectivity index (χ2v) is 7.02. The molecule has 110 valence electrons. The van der Waals surface area contributed by atoms with Crippen LogP contribution in [0.25, 0.3) is 0 Å². The zero-order valence-electron chi connectivity index (χ0n) is 12.0. The fourth-order valence-corrected chi connectivity index (χ4v) is 3.40. The third-order valence-electron chi connectivity index (χ3n) is 3.92. The molecule has 1 aromatic rings. The number of amides is 1. The number of nitrogens with one attached hydrogen (secondary N) is 2. The Bertz CT molecular complexity index is 493. The van der Waals surface area contributed by atoms with E-state index in [4.69, 9.17) is 5.73 Å². The summed E-state index contributed by atoms with van der Waals surface area (Å²) in [6.07, 6.45) is 5.21. The van der Waals surface area contributed by atoms with Crippen molar-refractivity contribution in [3.63, 3.8) is 0 Å². The summed E-state index contributed by atoms with van der Waals surface area (Å²) in [5.74, 6) is 1.75. The number of nitrogen functional groups attached to an aromatic ring is 1. The van der Waals surface area contributed by atoms with Crippen molar-refractivity contribution in [1.29, 1.82) is 0 Å². The second-order valence-electron chi connectivity index (χ2n) is 6.25. The van der Waals surface area contributed by atoms with E-state index in [-0.39, 0.29) is 11.9 Å². The quantitative estimate of drug-likeness (QED) is 0.753. The molecule has 3 rings (SSSR count). The van der Waals surface area contributed by atoms with E-state index in [1.54, 1.807) is 0 Å². The molecule has 2 saturated carbocycles. The van der Waals surface area contributed by atoms with Crippen LogP contribution in [0.5, 0.6) is 0 Å². The Kier molecular flexibility index (Phi) is 3.58. The van der Waals surface area contributed by atoms with Crippen molar-refractivity contribution in [3.8, 4) is 0 Å². The van der Waals surface area contributed by atoms with E-state index in [9.17, 15) is 4.79 Å². The van der Waals surface area contributed by atoms with Crippen molar-refractivity contribution >= 4 is 28.3 Å². The Balaban J connectivity index is 1.77. The van der Waals surface area contributed by atoms with Gasteiger partial charge < -0.3 is 16.4 Å². The van der Waals surface area contributed by atoms with E-state index in [1.165, 1.54) is 37.2 Å². The highest BCUT2D eigenvalue weighted by Gasteiger charge is 2.42. The molecule has 0 atom stereocenters. The maximum Gasteiger partial charge on any atom is 0.258 e. The average molecular weight is 294 g/mol. The lowest BCUT2D eigenvalue weighted by Gasteiger charge is -2.18. The molecule has 1 amide bonds. The van der Waals surface area contributed by atoms with Crippen molar-refractivity contribution in [3.05, 3.63) is 5.56 Å². The Hall–Kier alpha value is -1.30. The van der Waals surface area contributed by atoms with Gasteiger partial charge in [0, 0.05) is 12.1 Å². The number of anilines is 2. The zero-order chi connectivity index (χ0) is 14.3. The van der Waals surface area contributed by atoms with E-state index in [0.29, 0.717) is 17.4 Å². The number of nitrogens with two attached hydrogens (primary N) is 1. The number of nitrogens with zero attached hydrogens (tertiary/aromatic N) is 1. The molecule has 2 aliphatic carbocycles. The first-order valence-electron chi connectivity index (χ1n) is 7.38. The first-order valence-corrected chi connectivity index (χ1v) is 8.16. The summed E-state index contributed by atoms with van der Waals surface area (Å²) in [7, 11) is 0. The van der Waals surface area contributed by atoms with Crippen molar-refractivity contribution in [1.82, 2.24) is 9.69 Å². The molecular weight excluding hydrogens is 272 g/mol. The van der Waals surface area contributed by atoms with Gasteiger partial charge in [0.15, 0.2) is 5.82 Å². The van der Waals surface area contributed by atoms with Crippen LogP contribution in [0.3, 0.4) is 0 Å². The van der Waals surface area contributed by atoms with Crippen LogP contribution in [0.1, 0.15) is 49.9 Å². The Morgan fingerprint density at radius 2 is 1.90 bits per heavy atom. The molecule has 0 unspecified atom stereocenters. The highest BCUT2D eigenvalue weighted by Crippen LogP contribution is 2.46. The summed E-state index contributed by atoms with van der Waals surface area (Å²) in [4.78, 5) is 12.2. The van der Waals surface area contributed by atoms with Crippen LogP contribution in [-0.4, -0.2) is 22.4 Å². The largest absolute Gasteiger partial charge is 0.382 e. The van der Waals surface area contributed by atoms with Gasteiger partial charge in [-0.3, -0.25) is 4.79 Å². The lowest BCUT2D eigenvalue weighted by Crippen LogP contribution is -2.32. The minimum atomic E-state index is -0.126. The summed E-state index contributed by atoms with van der Waals surface area (Å²) in [5, 5.41) is 7.30. The highest BCUT2D eigenvalue weighted by atomic mass is 32.1. The fourth-order valence-electron chi connectivity index (χ4n) is 2.64. The van der Waals surface area contributed by atoms with Crippen molar-refractivity contribution in [2.24, 2.45) is 11.8 Å². The Morgan fingerprint density at radius 1 is 1.30 bits per heavy atom. The standard InChI is InChI=1S/C14H22N4OS/c1-7(2)16-13(19)10-12(15)18-20-14(10)17-11(8-3-4-8)9-5-6-9/h7-9,11,17H,3-6H2,1-2H3,(H2,15,18)(H,16,19).